The summed E-state index contributed by atoms with van der Waals surface area (Å²) in [7, 11) is 0. The summed E-state index contributed by atoms with van der Waals surface area (Å²) in [5, 5.41) is 0. The fourth-order valence-corrected chi connectivity index (χ4v) is 1.76. The fraction of sp³-hybridized carbons (Fsp3) is 0.176. The van der Waals surface area contributed by atoms with Crippen LogP contribution in [-0.2, 0) is 6.61 Å². The Balaban J connectivity index is 2.03. The van der Waals surface area contributed by atoms with Gasteiger partial charge in [0.2, 0.25) is 0 Å². The van der Waals surface area contributed by atoms with Gasteiger partial charge < -0.3 is 10.5 Å². The lowest BCUT2D eigenvalue weighted by molar-refractivity contribution is 0.306. The van der Waals surface area contributed by atoms with Crippen LogP contribution in [-0.4, -0.2) is 6.54 Å². The second-order valence-corrected chi connectivity index (χ2v) is 4.40. The number of ether oxygens (including phenoxy) is 1. The number of aryl methyl sites for hydroxylation is 1. The molecule has 0 amide bonds. The van der Waals surface area contributed by atoms with Crippen molar-refractivity contribution in [2.24, 2.45) is 5.73 Å². The minimum Gasteiger partial charge on any atom is -0.489 e. The van der Waals surface area contributed by atoms with E-state index >= 15 is 0 Å². The lowest BCUT2D eigenvalue weighted by Crippen LogP contribution is -1.97. The molecule has 2 rings (SSSR count). The predicted octanol–water partition coefficient (Wildman–Crippen LogP) is 3.02. The summed E-state index contributed by atoms with van der Waals surface area (Å²) in [4.78, 5) is 0. The van der Waals surface area contributed by atoms with Crippen molar-refractivity contribution in [3.8, 4) is 17.6 Å². The molecule has 0 saturated carbocycles. The second-order valence-electron chi connectivity index (χ2n) is 4.40. The Hall–Kier alpha value is -2.31. The molecule has 0 spiro atoms. The van der Waals surface area contributed by atoms with Crippen LogP contribution in [0.2, 0.25) is 0 Å². The van der Waals surface area contributed by atoms with Crippen molar-refractivity contribution in [1.29, 1.82) is 0 Å². The Labute approximate surface area is 118 Å². The number of nitrogens with two attached hydrogens (primary N) is 1. The summed E-state index contributed by atoms with van der Waals surface area (Å²) in [6, 6.07) is 12.0. The van der Waals surface area contributed by atoms with Gasteiger partial charge >= 0.3 is 0 Å². The third-order valence-electron chi connectivity index (χ3n) is 2.84. The Bertz CT molecular complexity index is 638. The normalized spacial score (nSPS) is 9.75. The minimum atomic E-state index is -0.243. The number of halogens is 1. The zero-order valence-electron chi connectivity index (χ0n) is 11.3. The van der Waals surface area contributed by atoms with Gasteiger partial charge in [0.1, 0.15) is 18.2 Å². The Morgan fingerprint density at radius 1 is 1.15 bits per heavy atom. The second kappa shape index (κ2) is 6.74. The molecule has 0 aromatic heterocycles. The molecule has 102 valence electrons. The van der Waals surface area contributed by atoms with Gasteiger partial charge in [-0.25, -0.2) is 4.39 Å². The molecule has 2 nitrogen and oxygen atoms in total. The van der Waals surface area contributed by atoms with Crippen LogP contribution >= 0.6 is 0 Å². The highest BCUT2D eigenvalue weighted by Gasteiger charge is 2.00. The molecule has 2 N–H and O–H groups in total. The van der Waals surface area contributed by atoms with Gasteiger partial charge in [0.05, 0.1) is 6.54 Å². The van der Waals surface area contributed by atoms with Crippen molar-refractivity contribution in [2.45, 2.75) is 13.5 Å². The van der Waals surface area contributed by atoms with Crippen LogP contribution < -0.4 is 10.5 Å². The van der Waals surface area contributed by atoms with Crippen LogP contribution in [0, 0.1) is 24.6 Å². The molecule has 0 atom stereocenters. The summed E-state index contributed by atoms with van der Waals surface area (Å²) >= 11 is 0. The van der Waals surface area contributed by atoms with Crippen molar-refractivity contribution in [3.05, 3.63) is 65.0 Å². The van der Waals surface area contributed by atoms with Crippen molar-refractivity contribution >= 4 is 0 Å². The number of hydrogen-bond donors (Lipinski definition) is 1. The summed E-state index contributed by atoms with van der Waals surface area (Å²) < 4.78 is 18.5. The molecule has 0 aliphatic heterocycles. The molecule has 0 bridgehead atoms. The molecular weight excluding hydrogens is 253 g/mol. The highest BCUT2D eigenvalue weighted by molar-refractivity contribution is 5.44. The average Bonchev–Trinajstić information content (AvgIpc) is 2.46. The van der Waals surface area contributed by atoms with Crippen molar-refractivity contribution < 1.29 is 9.13 Å². The van der Waals surface area contributed by atoms with Gasteiger partial charge in [-0.1, -0.05) is 24.0 Å². The Morgan fingerprint density at radius 2 is 1.90 bits per heavy atom. The smallest absolute Gasteiger partial charge is 0.123 e. The Morgan fingerprint density at radius 3 is 2.55 bits per heavy atom. The SMILES string of the molecule is Cc1cc(OCc2ccc(F)cc2)ccc1C#CCN. The maximum Gasteiger partial charge on any atom is 0.123 e. The van der Waals surface area contributed by atoms with Gasteiger partial charge in [-0.3, -0.25) is 0 Å². The quantitative estimate of drug-likeness (QED) is 0.869. The molecule has 0 fully saturated rings. The van der Waals surface area contributed by atoms with E-state index in [0.29, 0.717) is 13.2 Å². The van der Waals surface area contributed by atoms with Gasteiger partial charge in [0.15, 0.2) is 0 Å². The summed E-state index contributed by atoms with van der Waals surface area (Å²) in [5.74, 6) is 6.36. The summed E-state index contributed by atoms with van der Waals surface area (Å²) in [5.41, 5.74) is 8.27. The van der Waals surface area contributed by atoms with Gasteiger partial charge in [0.25, 0.3) is 0 Å². The van der Waals surface area contributed by atoms with Crippen molar-refractivity contribution in [2.75, 3.05) is 6.54 Å². The van der Waals surface area contributed by atoms with Crippen LogP contribution in [0.15, 0.2) is 42.5 Å². The van der Waals surface area contributed by atoms with Crippen LogP contribution in [0.25, 0.3) is 0 Å². The zero-order valence-corrected chi connectivity index (χ0v) is 11.3. The first-order valence-electron chi connectivity index (χ1n) is 6.36. The lowest BCUT2D eigenvalue weighted by Gasteiger charge is -2.08. The monoisotopic (exact) mass is 269 g/mol. The van der Waals surface area contributed by atoms with E-state index in [9.17, 15) is 4.39 Å². The maximum atomic E-state index is 12.8. The predicted molar refractivity (Wildman–Crippen MR) is 77.8 cm³/mol. The first-order valence-corrected chi connectivity index (χ1v) is 6.36. The van der Waals surface area contributed by atoms with E-state index < -0.39 is 0 Å². The van der Waals surface area contributed by atoms with E-state index in [4.69, 9.17) is 10.5 Å². The first-order chi connectivity index (χ1) is 9.69. The third kappa shape index (κ3) is 3.84. The largest absolute Gasteiger partial charge is 0.489 e. The standard InChI is InChI=1S/C17H16FNO/c1-13-11-17(9-6-15(13)3-2-10-19)20-12-14-4-7-16(18)8-5-14/h4-9,11H,10,12,19H2,1H3. The van der Waals surface area contributed by atoms with Crippen LogP contribution in [0.4, 0.5) is 4.39 Å². The van der Waals surface area contributed by atoms with E-state index in [1.165, 1.54) is 12.1 Å². The molecule has 0 aliphatic carbocycles. The van der Waals surface area contributed by atoms with E-state index in [0.717, 1.165) is 22.4 Å². The lowest BCUT2D eigenvalue weighted by atomic mass is 10.1. The number of benzene rings is 2. The van der Waals surface area contributed by atoms with Gasteiger partial charge in [-0.05, 0) is 48.4 Å². The minimum absolute atomic E-state index is 0.243. The third-order valence-corrected chi connectivity index (χ3v) is 2.84. The van der Waals surface area contributed by atoms with Crippen molar-refractivity contribution in [3.63, 3.8) is 0 Å². The van der Waals surface area contributed by atoms with Gasteiger partial charge in [-0.2, -0.15) is 0 Å². The van der Waals surface area contributed by atoms with Crippen LogP contribution in [0.1, 0.15) is 16.7 Å². The molecule has 0 aliphatic rings. The molecule has 0 heterocycles. The van der Waals surface area contributed by atoms with Crippen LogP contribution in [0.5, 0.6) is 5.75 Å². The molecule has 2 aromatic rings. The molecular formula is C17H16FNO. The maximum absolute atomic E-state index is 12.8. The Kier molecular flexibility index (Phi) is 4.75. The zero-order chi connectivity index (χ0) is 14.4. The molecule has 0 radical (unpaired) electrons. The average molecular weight is 269 g/mol. The van der Waals surface area contributed by atoms with E-state index in [2.05, 4.69) is 11.8 Å². The van der Waals surface area contributed by atoms with Crippen LogP contribution in [0.3, 0.4) is 0 Å². The van der Waals surface area contributed by atoms with E-state index in [-0.39, 0.29) is 5.82 Å². The highest BCUT2D eigenvalue weighted by atomic mass is 19.1. The number of rotatable bonds is 3. The first kappa shape index (κ1) is 14.1. The highest BCUT2D eigenvalue weighted by Crippen LogP contribution is 2.18. The topological polar surface area (TPSA) is 35.2 Å². The number of hydrogen-bond acceptors (Lipinski definition) is 2. The fourth-order valence-electron chi connectivity index (χ4n) is 1.76. The van der Waals surface area contributed by atoms with E-state index in [1.54, 1.807) is 12.1 Å². The molecule has 2 aromatic carbocycles. The molecule has 0 unspecified atom stereocenters. The van der Waals surface area contributed by atoms with E-state index in [1.807, 2.05) is 25.1 Å². The summed E-state index contributed by atoms with van der Waals surface area (Å²) in [6.45, 7) is 2.74. The summed E-state index contributed by atoms with van der Waals surface area (Å²) in [6.07, 6.45) is 0. The molecule has 20 heavy (non-hydrogen) atoms. The van der Waals surface area contributed by atoms with Gasteiger partial charge in [-0.15, -0.1) is 0 Å². The molecule has 0 saturated heterocycles. The molecule has 3 heteroatoms. The van der Waals surface area contributed by atoms with Crippen molar-refractivity contribution in [1.82, 2.24) is 0 Å². The van der Waals surface area contributed by atoms with Gasteiger partial charge in [0, 0.05) is 5.56 Å².